The number of nitrogens with one attached hydrogen (secondary N) is 1. The van der Waals surface area contributed by atoms with Gasteiger partial charge in [0.2, 0.25) is 10.0 Å². The first-order chi connectivity index (χ1) is 17.8. The number of aromatic amines is 1. The summed E-state index contributed by atoms with van der Waals surface area (Å²) in [6.45, 7) is 0.340. The van der Waals surface area contributed by atoms with Crippen molar-refractivity contribution in [2.24, 2.45) is 0 Å². The van der Waals surface area contributed by atoms with Crippen molar-refractivity contribution < 1.29 is 31.1 Å². The van der Waals surface area contributed by atoms with E-state index in [4.69, 9.17) is 4.74 Å². The maximum absolute atomic E-state index is 13.8. The highest BCUT2D eigenvalue weighted by atomic mass is 32.2. The van der Waals surface area contributed by atoms with Gasteiger partial charge < -0.3 is 9.64 Å². The van der Waals surface area contributed by atoms with Crippen LogP contribution in [0.4, 0.5) is 18.9 Å². The summed E-state index contributed by atoms with van der Waals surface area (Å²) in [6.07, 6.45) is -1.86. The number of alkyl halides is 3. The van der Waals surface area contributed by atoms with Crippen molar-refractivity contribution in [2.45, 2.75) is 30.4 Å². The number of likely N-dealkylation sites (N-methyl/N-ethyl adjacent to an activating group) is 1. The molecule has 2 aliphatic rings. The Morgan fingerprint density at radius 2 is 1.76 bits per heavy atom. The zero-order valence-electron chi connectivity index (χ0n) is 21.0. The number of carbonyl (C=O) groups is 1. The number of anilines is 1. The van der Waals surface area contributed by atoms with Crippen LogP contribution >= 0.6 is 0 Å². The van der Waals surface area contributed by atoms with Gasteiger partial charge in [-0.25, -0.2) is 12.7 Å². The molecule has 3 aromatic rings. The molecule has 0 bridgehead atoms. The van der Waals surface area contributed by atoms with Gasteiger partial charge in [0, 0.05) is 42.7 Å². The number of nitrogens with zero attached hydrogens (tertiary/aromatic N) is 3. The van der Waals surface area contributed by atoms with Crippen molar-refractivity contribution in [3.63, 3.8) is 0 Å². The first-order valence-electron chi connectivity index (χ1n) is 12.0. The van der Waals surface area contributed by atoms with E-state index in [2.05, 4.69) is 5.10 Å². The topological polar surface area (TPSA) is 95.6 Å². The summed E-state index contributed by atoms with van der Waals surface area (Å²) in [5.41, 5.74) is 0.323. The first kappa shape index (κ1) is 26.2. The fraction of sp³-hybridized carbons (Fsp3) is 0.385. The average molecular weight is 549 g/mol. The number of hydrogen-bond acceptors (Lipinski definition) is 5. The molecule has 0 saturated heterocycles. The Balaban J connectivity index is 1.49. The summed E-state index contributed by atoms with van der Waals surface area (Å²) >= 11 is 0. The first-order valence-corrected chi connectivity index (χ1v) is 13.8. The van der Waals surface area contributed by atoms with Crippen LogP contribution in [0.25, 0.3) is 0 Å². The second kappa shape index (κ2) is 9.12. The van der Waals surface area contributed by atoms with Crippen LogP contribution in [0.2, 0.25) is 0 Å². The van der Waals surface area contributed by atoms with Crippen molar-refractivity contribution in [3.05, 3.63) is 76.6 Å². The van der Waals surface area contributed by atoms with Crippen molar-refractivity contribution in [3.8, 4) is 5.75 Å². The Morgan fingerprint density at radius 3 is 2.29 bits per heavy atom. The summed E-state index contributed by atoms with van der Waals surface area (Å²) in [7, 11) is -0.280. The molecule has 0 spiro atoms. The fourth-order valence-corrected chi connectivity index (χ4v) is 5.59. The lowest BCUT2D eigenvalue weighted by Gasteiger charge is -2.33. The van der Waals surface area contributed by atoms with Gasteiger partial charge in [0.15, 0.2) is 5.69 Å². The Hall–Kier alpha value is -3.38. The molecule has 1 saturated carbocycles. The van der Waals surface area contributed by atoms with Gasteiger partial charge in [0.1, 0.15) is 11.4 Å². The fourth-order valence-electron chi connectivity index (χ4n) is 5.11. The van der Waals surface area contributed by atoms with E-state index in [9.17, 15) is 26.4 Å². The highest BCUT2D eigenvalue weighted by molar-refractivity contribution is 7.88. The van der Waals surface area contributed by atoms with E-state index in [-0.39, 0.29) is 23.2 Å². The molecule has 8 nitrogen and oxygen atoms in total. The summed E-state index contributed by atoms with van der Waals surface area (Å²) in [5.74, 6) is -0.837. The standard InChI is InChI=1S/C26H27F3N4O4S/c1-32(38(3,35)36)15-25(12-13-25)17-6-8-18(9-7-17)33-14-20(16-4-10-19(37-2)11-5-16)21-22(24(33)34)30-31-23(21)26(27,28)29/h4-11,20H,12-15H2,1-3H3,(H,30,31). The Kier molecular flexibility index (Phi) is 6.30. The zero-order valence-corrected chi connectivity index (χ0v) is 21.9. The number of sulfonamides is 1. The summed E-state index contributed by atoms with van der Waals surface area (Å²) < 4.78 is 71.8. The third-order valence-corrected chi connectivity index (χ3v) is 8.76. The molecule has 202 valence electrons. The van der Waals surface area contributed by atoms with E-state index in [0.29, 0.717) is 23.5 Å². The monoisotopic (exact) mass is 548 g/mol. The molecule has 1 aliphatic heterocycles. The molecule has 2 aromatic carbocycles. The van der Waals surface area contributed by atoms with Crippen molar-refractivity contribution in [1.29, 1.82) is 0 Å². The third kappa shape index (κ3) is 4.66. The third-order valence-electron chi connectivity index (χ3n) is 7.50. The quantitative estimate of drug-likeness (QED) is 0.479. The molecule has 12 heteroatoms. The highest BCUT2D eigenvalue weighted by Crippen LogP contribution is 2.49. The predicted octanol–water partition coefficient (Wildman–Crippen LogP) is 4.15. The summed E-state index contributed by atoms with van der Waals surface area (Å²) in [6, 6.07) is 13.9. The number of fused-ring (bicyclic) bond motifs is 1. The van der Waals surface area contributed by atoms with E-state index in [1.165, 1.54) is 22.6 Å². The van der Waals surface area contributed by atoms with Crippen molar-refractivity contribution in [1.82, 2.24) is 14.5 Å². The molecule has 5 rings (SSSR count). The lowest BCUT2D eigenvalue weighted by Crippen LogP contribution is -2.41. The van der Waals surface area contributed by atoms with Gasteiger partial charge in [0.25, 0.3) is 5.91 Å². The van der Waals surface area contributed by atoms with Gasteiger partial charge in [0.05, 0.1) is 13.4 Å². The van der Waals surface area contributed by atoms with Crippen LogP contribution in [0.15, 0.2) is 48.5 Å². The van der Waals surface area contributed by atoms with Crippen LogP contribution in [-0.2, 0) is 21.6 Å². The minimum Gasteiger partial charge on any atom is -0.497 e. The van der Waals surface area contributed by atoms with Crippen LogP contribution in [0.3, 0.4) is 0 Å². The second-order valence-corrected chi connectivity index (χ2v) is 12.0. The van der Waals surface area contributed by atoms with E-state index in [1.54, 1.807) is 43.4 Å². The largest absolute Gasteiger partial charge is 0.497 e. The number of aromatic nitrogens is 2. The van der Waals surface area contributed by atoms with Crippen LogP contribution in [0.1, 0.15) is 51.6 Å². The lowest BCUT2D eigenvalue weighted by atomic mass is 9.85. The number of hydrogen-bond donors (Lipinski definition) is 1. The zero-order chi connectivity index (χ0) is 27.5. The van der Waals surface area contributed by atoms with Gasteiger partial charge >= 0.3 is 6.18 Å². The lowest BCUT2D eigenvalue weighted by molar-refractivity contribution is -0.141. The average Bonchev–Trinajstić information content (AvgIpc) is 3.50. The number of amides is 1. The molecular weight excluding hydrogens is 521 g/mol. The number of H-pyrrole nitrogens is 1. The molecule has 1 atom stereocenters. The van der Waals surface area contributed by atoms with Gasteiger partial charge in [-0.15, -0.1) is 0 Å². The van der Waals surface area contributed by atoms with E-state index >= 15 is 0 Å². The highest BCUT2D eigenvalue weighted by Gasteiger charge is 2.47. The Morgan fingerprint density at radius 1 is 1.13 bits per heavy atom. The molecule has 1 aromatic heterocycles. The smallest absolute Gasteiger partial charge is 0.433 e. The summed E-state index contributed by atoms with van der Waals surface area (Å²) in [4.78, 5) is 14.8. The van der Waals surface area contributed by atoms with Gasteiger partial charge in [-0.1, -0.05) is 24.3 Å². The van der Waals surface area contributed by atoms with E-state index in [1.807, 2.05) is 17.2 Å². The normalized spacial score (nSPS) is 19.0. The second-order valence-electron chi connectivity index (χ2n) is 9.95. The molecule has 2 heterocycles. The maximum Gasteiger partial charge on any atom is 0.433 e. The SMILES string of the molecule is COc1ccc(C2CN(c3ccc(C4(CN(C)S(C)(=O)=O)CC4)cc3)C(=O)c3n[nH]c(C(F)(F)F)c32)cc1. The maximum atomic E-state index is 13.8. The molecular formula is C26H27F3N4O4S. The van der Waals surface area contributed by atoms with E-state index < -0.39 is 33.7 Å². The van der Waals surface area contributed by atoms with Crippen LogP contribution in [0.5, 0.6) is 5.75 Å². The molecule has 1 amide bonds. The van der Waals surface area contributed by atoms with Crippen LogP contribution in [0, 0.1) is 0 Å². The Bertz CT molecular complexity index is 1460. The molecule has 1 N–H and O–H groups in total. The number of carbonyl (C=O) groups excluding carboxylic acids is 1. The minimum atomic E-state index is -4.70. The number of rotatable bonds is 7. The Labute approximate surface area is 218 Å². The number of methoxy groups -OCH3 is 1. The molecule has 38 heavy (non-hydrogen) atoms. The van der Waals surface area contributed by atoms with Gasteiger partial charge in [-0.2, -0.15) is 18.3 Å². The van der Waals surface area contributed by atoms with Crippen molar-refractivity contribution in [2.75, 3.05) is 38.4 Å². The minimum absolute atomic E-state index is 0.0118. The van der Waals surface area contributed by atoms with Crippen molar-refractivity contribution >= 4 is 21.6 Å². The van der Waals surface area contributed by atoms with Gasteiger partial charge in [-0.3, -0.25) is 9.89 Å². The predicted molar refractivity (Wildman–Crippen MR) is 135 cm³/mol. The number of ether oxygens (including phenoxy) is 1. The molecule has 1 unspecified atom stereocenters. The van der Waals surface area contributed by atoms with E-state index in [0.717, 1.165) is 18.4 Å². The van der Waals surface area contributed by atoms with Crippen LogP contribution < -0.4 is 9.64 Å². The molecule has 1 aliphatic carbocycles. The summed E-state index contributed by atoms with van der Waals surface area (Å²) in [5, 5.41) is 5.84. The van der Waals surface area contributed by atoms with Crippen LogP contribution in [-0.4, -0.2) is 62.3 Å². The van der Waals surface area contributed by atoms with Gasteiger partial charge in [-0.05, 0) is 48.2 Å². The number of halogens is 3. The molecule has 1 fully saturated rings. The molecule has 0 radical (unpaired) electrons. The number of benzene rings is 2.